The molecule has 0 spiro atoms. The molecule has 0 amide bonds. The molecule has 106 valence electrons. The fraction of sp³-hybridized carbons (Fsp3) is 0.200. The van der Waals surface area contributed by atoms with Crippen LogP contribution in [0, 0.1) is 5.82 Å². The molecule has 5 heteroatoms. The van der Waals surface area contributed by atoms with Crippen LogP contribution in [-0.2, 0) is 6.54 Å². The van der Waals surface area contributed by atoms with Crippen LogP contribution in [0.15, 0.2) is 46.9 Å². The summed E-state index contributed by atoms with van der Waals surface area (Å²) < 4.78 is 25.1. The molecule has 0 bridgehead atoms. The van der Waals surface area contributed by atoms with E-state index in [9.17, 15) is 4.39 Å². The lowest BCUT2D eigenvalue weighted by atomic mass is 10.2. The molecule has 0 aromatic heterocycles. The van der Waals surface area contributed by atoms with Crippen LogP contribution in [0.4, 0.5) is 4.39 Å². The minimum Gasteiger partial charge on any atom is -0.490 e. The zero-order valence-corrected chi connectivity index (χ0v) is 12.4. The first-order valence-corrected chi connectivity index (χ1v) is 6.98. The van der Waals surface area contributed by atoms with Crippen molar-refractivity contribution in [1.29, 1.82) is 0 Å². The highest BCUT2D eigenvalue weighted by atomic mass is 79.9. The lowest BCUT2D eigenvalue weighted by Gasteiger charge is -2.10. The van der Waals surface area contributed by atoms with Crippen LogP contribution in [0.2, 0.25) is 0 Å². The maximum atomic E-state index is 13.4. The summed E-state index contributed by atoms with van der Waals surface area (Å²) in [4.78, 5) is 0. The number of halogens is 2. The lowest BCUT2D eigenvalue weighted by molar-refractivity contribution is 0.211. The van der Waals surface area contributed by atoms with Gasteiger partial charge in [-0.05, 0) is 35.9 Å². The Kier molecular flexibility index (Phi) is 5.38. The van der Waals surface area contributed by atoms with Crippen molar-refractivity contribution in [2.24, 2.45) is 5.73 Å². The third-order valence-corrected chi connectivity index (χ3v) is 3.13. The zero-order valence-electron chi connectivity index (χ0n) is 10.8. The number of hydrogen-bond donors (Lipinski definition) is 1. The average Bonchev–Trinajstić information content (AvgIpc) is 2.47. The molecule has 0 aliphatic heterocycles. The molecule has 0 atom stereocenters. The summed E-state index contributed by atoms with van der Waals surface area (Å²) >= 11 is 3.27. The van der Waals surface area contributed by atoms with Gasteiger partial charge in [0.25, 0.3) is 0 Å². The zero-order chi connectivity index (χ0) is 14.4. The van der Waals surface area contributed by atoms with Gasteiger partial charge in [-0.1, -0.05) is 28.1 Å². The van der Waals surface area contributed by atoms with Crippen molar-refractivity contribution >= 4 is 15.9 Å². The third-order valence-electron chi connectivity index (χ3n) is 2.64. The van der Waals surface area contributed by atoms with E-state index < -0.39 is 5.82 Å². The molecule has 3 nitrogen and oxygen atoms in total. The SMILES string of the molecule is NCc1cccc(OCCOc2cc(Br)ccc2F)c1. The standard InChI is InChI=1S/C15H15BrFNO2/c16-12-4-5-14(17)15(9-12)20-7-6-19-13-3-1-2-11(8-13)10-18/h1-5,8-9H,6-7,10,18H2. The van der Waals surface area contributed by atoms with Gasteiger partial charge in [-0.3, -0.25) is 0 Å². The van der Waals surface area contributed by atoms with Crippen molar-refractivity contribution in [3.8, 4) is 11.5 Å². The van der Waals surface area contributed by atoms with E-state index in [4.69, 9.17) is 15.2 Å². The third kappa shape index (κ3) is 4.21. The summed E-state index contributed by atoms with van der Waals surface area (Å²) in [6.07, 6.45) is 0. The maximum Gasteiger partial charge on any atom is 0.165 e. The van der Waals surface area contributed by atoms with Gasteiger partial charge in [0.1, 0.15) is 19.0 Å². The first-order chi connectivity index (χ1) is 9.69. The van der Waals surface area contributed by atoms with E-state index in [0.717, 1.165) is 15.8 Å². The van der Waals surface area contributed by atoms with Crippen LogP contribution < -0.4 is 15.2 Å². The maximum absolute atomic E-state index is 13.4. The number of hydrogen-bond acceptors (Lipinski definition) is 3. The Bertz CT molecular complexity index is 578. The quantitative estimate of drug-likeness (QED) is 0.819. The van der Waals surface area contributed by atoms with Crippen LogP contribution in [0.25, 0.3) is 0 Å². The smallest absolute Gasteiger partial charge is 0.165 e. The largest absolute Gasteiger partial charge is 0.490 e. The molecule has 0 radical (unpaired) electrons. The highest BCUT2D eigenvalue weighted by Gasteiger charge is 2.04. The fourth-order valence-corrected chi connectivity index (χ4v) is 2.00. The minimum atomic E-state index is -0.390. The second-order valence-electron chi connectivity index (χ2n) is 4.12. The Morgan fingerprint density at radius 3 is 2.65 bits per heavy atom. The minimum absolute atomic E-state index is 0.207. The molecular weight excluding hydrogens is 325 g/mol. The molecule has 2 N–H and O–H groups in total. The normalized spacial score (nSPS) is 10.3. The van der Waals surface area contributed by atoms with Crippen molar-refractivity contribution in [3.05, 3.63) is 58.3 Å². The average molecular weight is 340 g/mol. The number of rotatable bonds is 6. The second kappa shape index (κ2) is 7.26. The summed E-state index contributed by atoms with van der Waals surface area (Å²) in [6.45, 7) is 1.07. The van der Waals surface area contributed by atoms with Crippen molar-refractivity contribution in [1.82, 2.24) is 0 Å². The monoisotopic (exact) mass is 339 g/mol. The van der Waals surface area contributed by atoms with Gasteiger partial charge in [-0.2, -0.15) is 0 Å². The van der Waals surface area contributed by atoms with E-state index in [-0.39, 0.29) is 12.4 Å². The molecule has 2 aromatic rings. The molecule has 0 saturated heterocycles. The summed E-state index contributed by atoms with van der Waals surface area (Å²) in [6, 6.07) is 12.1. The van der Waals surface area contributed by atoms with Gasteiger partial charge in [0.15, 0.2) is 11.6 Å². The summed E-state index contributed by atoms with van der Waals surface area (Å²) in [7, 11) is 0. The Morgan fingerprint density at radius 2 is 1.85 bits per heavy atom. The van der Waals surface area contributed by atoms with Gasteiger partial charge in [0.05, 0.1) is 0 Å². The highest BCUT2D eigenvalue weighted by Crippen LogP contribution is 2.22. The summed E-state index contributed by atoms with van der Waals surface area (Å²) in [5.74, 6) is 0.545. The Labute approximate surface area is 125 Å². The van der Waals surface area contributed by atoms with Gasteiger partial charge in [-0.25, -0.2) is 4.39 Å². The fourth-order valence-electron chi connectivity index (χ4n) is 1.66. The van der Waals surface area contributed by atoms with E-state index >= 15 is 0 Å². The van der Waals surface area contributed by atoms with E-state index in [2.05, 4.69) is 15.9 Å². The molecule has 0 heterocycles. The first-order valence-electron chi connectivity index (χ1n) is 6.18. The predicted octanol–water partition coefficient (Wildman–Crippen LogP) is 3.50. The molecule has 20 heavy (non-hydrogen) atoms. The van der Waals surface area contributed by atoms with Gasteiger partial charge >= 0.3 is 0 Å². The van der Waals surface area contributed by atoms with E-state index in [1.807, 2.05) is 24.3 Å². The van der Waals surface area contributed by atoms with Crippen LogP contribution in [0.3, 0.4) is 0 Å². The van der Waals surface area contributed by atoms with Crippen LogP contribution >= 0.6 is 15.9 Å². The summed E-state index contributed by atoms with van der Waals surface area (Å²) in [5.41, 5.74) is 6.56. The molecule has 0 aliphatic rings. The summed E-state index contributed by atoms with van der Waals surface area (Å²) in [5, 5.41) is 0. The van der Waals surface area contributed by atoms with Crippen molar-refractivity contribution in [2.75, 3.05) is 13.2 Å². The van der Waals surface area contributed by atoms with Crippen molar-refractivity contribution < 1.29 is 13.9 Å². The topological polar surface area (TPSA) is 44.5 Å². The Morgan fingerprint density at radius 1 is 1.05 bits per heavy atom. The van der Waals surface area contributed by atoms with Crippen molar-refractivity contribution in [2.45, 2.75) is 6.54 Å². The van der Waals surface area contributed by atoms with Crippen LogP contribution in [-0.4, -0.2) is 13.2 Å². The molecule has 2 aromatic carbocycles. The van der Waals surface area contributed by atoms with Gasteiger partial charge in [0.2, 0.25) is 0 Å². The Hall–Kier alpha value is -1.59. The highest BCUT2D eigenvalue weighted by molar-refractivity contribution is 9.10. The van der Waals surface area contributed by atoms with Crippen LogP contribution in [0.1, 0.15) is 5.56 Å². The van der Waals surface area contributed by atoms with E-state index in [1.54, 1.807) is 12.1 Å². The van der Waals surface area contributed by atoms with Crippen molar-refractivity contribution in [3.63, 3.8) is 0 Å². The molecule has 0 unspecified atom stereocenters. The predicted molar refractivity (Wildman–Crippen MR) is 79.4 cm³/mol. The molecule has 2 rings (SSSR count). The molecule has 0 fully saturated rings. The van der Waals surface area contributed by atoms with Crippen LogP contribution in [0.5, 0.6) is 11.5 Å². The number of nitrogens with two attached hydrogens (primary N) is 1. The number of ether oxygens (including phenoxy) is 2. The molecule has 0 saturated carbocycles. The molecule has 0 aliphatic carbocycles. The van der Waals surface area contributed by atoms with Gasteiger partial charge in [0, 0.05) is 11.0 Å². The lowest BCUT2D eigenvalue weighted by Crippen LogP contribution is -2.10. The second-order valence-corrected chi connectivity index (χ2v) is 5.04. The van der Waals surface area contributed by atoms with E-state index in [0.29, 0.717) is 13.2 Å². The number of benzene rings is 2. The van der Waals surface area contributed by atoms with E-state index in [1.165, 1.54) is 6.07 Å². The molecular formula is C15H15BrFNO2. The first kappa shape index (κ1) is 14.8. The van der Waals surface area contributed by atoms with Gasteiger partial charge in [-0.15, -0.1) is 0 Å². The van der Waals surface area contributed by atoms with Gasteiger partial charge < -0.3 is 15.2 Å². The Balaban J connectivity index is 1.82.